The molecule has 3 nitrogen and oxygen atoms in total. The van der Waals surface area contributed by atoms with Crippen LogP contribution in [0.3, 0.4) is 0 Å². The molecule has 0 saturated heterocycles. The Balaban J connectivity index is 1.68. The summed E-state index contributed by atoms with van der Waals surface area (Å²) in [4.78, 5) is 14.4. The van der Waals surface area contributed by atoms with Gasteiger partial charge < -0.3 is 5.32 Å². The molecule has 0 radical (unpaired) electrons. The first-order valence-electron chi connectivity index (χ1n) is 8.14. The van der Waals surface area contributed by atoms with E-state index in [-0.39, 0.29) is 5.91 Å². The van der Waals surface area contributed by atoms with E-state index < -0.39 is 0 Å². The van der Waals surface area contributed by atoms with E-state index in [1.54, 1.807) is 0 Å². The molecule has 0 aromatic rings. The molecule has 0 aromatic carbocycles. The third kappa shape index (κ3) is 4.79. The molecule has 0 spiro atoms. The second kappa shape index (κ2) is 7.28. The minimum atomic E-state index is 0.229. The largest absolute Gasteiger partial charge is 0.352 e. The van der Waals surface area contributed by atoms with Crippen molar-refractivity contribution >= 4 is 5.91 Å². The Kier molecular flexibility index (Phi) is 5.68. The number of carbonyl (C=O) groups is 1. The van der Waals surface area contributed by atoms with Gasteiger partial charge in [0.2, 0.25) is 5.91 Å². The normalized spacial score (nSPS) is 29.4. The van der Waals surface area contributed by atoms with E-state index in [2.05, 4.69) is 24.2 Å². The predicted octanol–water partition coefficient (Wildman–Crippen LogP) is 2.95. The van der Waals surface area contributed by atoms with Gasteiger partial charge in [0.05, 0.1) is 6.54 Å². The quantitative estimate of drug-likeness (QED) is 0.848. The number of nitrogens with zero attached hydrogens (tertiary/aromatic N) is 1. The van der Waals surface area contributed by atoms with Gasteiger partial charge in [-0.1, -0.05) is 26.2 Å². The van der Waals surface area contributed by atoms with Crippen LogP contribution < -0.4 is 5.32 Å². The summed E-state index contributed by atoms with van der Waals surface area (Å²) >= 11 is 0. The topological polar surface area (TPSA) is 32.3 Å². The monoisotopic (exact) mass is 266 g/mol. The minimum Gasteiger partial charge on any atom is -0.352 e. The van der Waals surface area contributed by atoms with Gasteiger partial charge in [0, 0.05) is 12.1 Å². The van der Waals surface area contributed by atoms with Gasteiger partial charge in [0.1, 0.15) is 0 Å². The number of rotatable bonds is 4. The zero-order chi connectivity index (χ0) is 13.7. The van der Waals surface area contributed by atoms with Crippen LogP contribution in [0.2, 0.25) is 0 Å². The van der Waals surface area contributed by atoms with Gasteiger partial charge in [-0.15, -0.1) is 0 Å². The van der Waals surface area contributed by atoms with Crippen LogP contribution in [-0.2, 0) is 4.79 Å². The lowest BCUT2D eigenvalue weighted by Crippen LogP contribution is -2.45. The number of hydrogen-bond acceptors (Lipinski definition) is 2. The Morgan fingerprint density at radius 2 is 1.68 bits per heavy atom. The molecule has 0 heterocycles. The Morgan fingerprint density at radius 3 is 2.32 bits per heavy atom. The third-order valence-corrected chi connectivity index (χ3v) is 4.97. The van der Waals surface area contributed by atoms with Gasteiger partial charge in [-0.2, -0.15) is 0 Å². The average Bonchev–Trinajstić information content (AvgIpc) is 2.42. The number of nitrogens with one attached hydrogen (secondary N) is 1. The molecule has 0 unspecified atom stereocenters. The molecular weight excluding hydrogens is 236 g/mol. The molecule has 0 aromatic heterocycles. The fourth-order valence-corrected chi connectivity index (χ4v) is 3.56. The standard InChI is InChI=1S/C16H30N2O/c1-13-8-10-14(11-9-13)17-16(19)12-18(2)15-6-4-3-5-7-15/h13-15H,3-12H2,1-2H3,(H,17,19). The Morgan fingerprint density at radius 1 is 1.05 bits per heavy atom. The fraction of sp³-hybridized carbons (Fsp3) is 0.938. The third-order valence-electron chi connectivity index (χ3n) is 4.97. The van der Waals surface area contributed by atoms with Gasteiger partial charge in [-0.3, -0.25) is 9.69 Å². The first-order chi connectivity index (χ1) is 9.15. The number of likely N-dealkylation sites (N-methyl/N-ethyl adjacent to an activating group) is 1. The van der Waals surface area contributed by atoms with Crippen molar-refractivity contribution in [3.8, 4) is 0 Å². The highest BCUT2D eigenvalue weighted by Gasteiger charge is 2.23. The van der Waals surface area contributed by atoms with E-state index in [1.807, 2.05) is 0 Å². The van der Waals surface area contributed by atoms with Crippen molar-refractivity contribution in [2.75, 3.05) is 13.6 Å². The van der Waals surface area contributed by atoms with Gasteiger partial charge in [-0.05, 0) is 51.5 Å². The van der Waals surface area contributed by atoms with Crippen LogP contribution in [0.5, 0.6) is 0 Å². The maximum Gasteiger partial charge on any atom is 0.234 e. The lowest BCUT2D eigenvalue weighted by molar-refractivity contribution is -0.123. The zero-order valence-electron chi connectivity index (χ0n) is 12.7. The number of hydrogen-bond donors (Lipinski definition) is 1. The average molecular weight is 266 g/mol. The lowest BCUT2D eigenvalue weighted by Gasteiger charge is -2.32. The van der Waals surface area contributed by atoms with E-state index in [1.165, 1.54) is 57.8 Å². The molecule has 0 atom stereocenters. The van der Waals surface area contributed by atoms with Crippen LogP contribution >= 0.6 is 0 Å². The Hall–Kier alpha value is -0.570. The predicted molar refractivity (Wildman–Crippen MR) is 79.1 cm³/mol. The van der Waals surface area contributed by atoms with Crippen molar-refractivity contribution in [2.45, 2.75) is 76.8 Å². The molecule has 110 valence electrons. The Labute approximate surface area is 118 Å². The maximum atomic E-state index is 12.1. The highest BCUT2D eigenvalue weighted by atomic mass is 16.2. The van der Waals surface area contributed by atoms with E-state index in [0.29, 0.717) is 18.6 Å². The van der Waals surface area contributed by atoms with Crippen LogP contribution in [0.1, 0.15) is 64.7 Å². The van der Waals surface area contributed by atoms with Crippen molar-refractivity contribution < 1.29 is 4.79 Å². The minimum absolute atomic E-state index is 0.229. The van der Waals surface area contributed by atoms with Crippen LogP contribution in [-0.4, -0.2) is 36.5 Å². The van der Waals surface area contributed by atoms with Gasteiger partial charge >= 0.3 is 0 Å². The van der Waals surface area contributed by atoms with Crippen molar-refractivity contribution in [2.24, 2.45) is 5.92 Å². The molecule has 1 amide bonds. The summed E-state index contributed by atoms with van der Waals surface area (Å²) in [6, 6.07) is 1.06. The fourth-order valence-electron chi connectivity index (χ4n) is 3.56. The van der Waals surface area contributed by atoms with Crippen LogP contribution in [0.15, 0.2) is 0 Å². The highest BCUT2D eigenvalue weighted by molar-refractivity contribution is 5.78. The van der Waals surface area contributed by atoms with E-state index in [0.717, 1.165) is 5.92 Å². The molecule has 2 rings (SSSR count). The molecule has 0 aliphatic heterocycles. The zero-order valence-corrected chi connectivity index (χ0v) is 12.7. The van der Waals surface area contributed by atoms with Gasteiger partial charge in [0.15, 0.2) is 0 Å². The van der Waals surface area contributed by atoms with Crippen LogP contribution in [0.4, 0.5) is 0 Å². The molecule has 0 bridgehead atoms. The summed E-state index contributed by atoms with van der Waals surface area (Å²) in [6.45, 7) is 2.89. The SMILES string of the molecule is CC1CCC(NC(=O)CN(C)C2CCCCC2)CC1. The van der Waals surface area contributed by atoms with Crippen molar-refractivity contribution in [1.82, 2.24) is 10.2 Å². The molecule has 2 aliphatic carbocycles. The van der Waals surface area contributed by atoms with E-state index in [9.17, 15) is 4.79 Å². The van der Waals surface area contributed by atoms with Crippen LogP contribution in [0.25, 0.3) is 0 Å². The summed E-state index contributed by atoms with van der Waals surface area (Å²) in [5.74, 6) is 1.07. The first-order valence-corrected chi connectivity index (χ1v) is 8.14. The van der Waals surface area contributed by atoms with Crippen molar-refractivity contribution in [3.05, 3.63) is 0 Å². The molecule has 1 N–H and O–H groups in total. The summed E-state index contributed by atoms with van der Waals surface area (Å²) in [5, 5.41) is 3.23. The Bertz CT molecular complexity index is 278. The van der Waals surface area contributed by atoms with Crippen molar-refractivity contribution in [1.29, 1.82) is 0 Å². The second-order valence-corrected chi connectivity index (χ2v) is 6.73. The maximum absolute atomic E-state index is 12.1. The van der Waals surface area contributed by atoms with Crippen molar-refractivity contribution in [3.63, 3.8) is 0 Å². The summed E-state index contributed by atoms with van der Waals surface area (Å²) in [5.41, 5.74) is 0. The highest BCUT2D eigenvalue weighted by Crippen LogP contribution is 2.24. The van der Waals surface area contributed by atoms with E-state index >= 15 is 0 Å². The number of carbonyl (C=O) groups excluding carboxylic acids is 1. The smallest absolute Gasteiger partial charge is 0.234 e. The summed E-state index contributed by atoms with van der Waals surface area (Å²) in [6.07, 6.45) is 11.4. The lowest BCUT2D eigenvalue weighted by atomic mass is 9.87. The van der Waals surface area contributed by atoms with E-state index in [4.69, 9.17) is 0 Å². The summed E-state index contributed by atoms with van der Waals surface area (Å²) < 4.78 is 0. The molecule has 3 heteroatoms. The number of amides is 1. The summed E-state index contributed by atoms with van der Waals surface area (Å²) in [7, 11) is 2.11. The first kappa shape index (κ1) is 14.8. The molecule has 2 fully saturated rings. The molecule has 2 aliphatic rings. The van der Waals surface area contributed by atoms with Gasteiger partial charge in [-0.25, -0.2) is 0 Å². The van der Waals surface area contributed by atoms with Crippen LogP contribution in [0, 0.1) is 5.92 Å². The molecule has 19 heavy (non-hydrogen) atoms. The molecular formula is C16H30N2O. The molecule has 2 saturated carbocycles. The second-order valence-electron chi connectivity index (χ2n) is 6.73. The van der Waals surface area contributed by atoms with Gasteiger partial charge in [0.25, 0.3) is 0 Å².